The summed E-state index contributed by atoms with van der Waals surface area (Å²) in [6.45, 7) is 8.67. The van der Waals surface area contributed by atoms with Crippen LogP contribution in [0, 0.1) is 0 Å². The summed E-state index contributed by atoms with van der Waals surface area (Å²) in [4.78, 5) is 9.74. The maximum absolute atomic E-state index is 5.61. The fraction of sp³-hybridized carbons (Fsp3) is 1.00. The van der Waals surface area contributed by atoms with Crippen molar-refractivity contribution in [3.63, 3.8) is 0 Å². The predicted octanol–water partition coefficient (Wildman–Crippen LogP) is 2.91. The average Bonchev–Trinajstić information content (AvgIpc) is 2.31. The zero-order valence-corrected chi connectivity index (χ0v) is 10.9. The zero-order chi connectivity index (χ0) is 12.1. The van der Waals surface area contributed by atoms with Crippen molar-refractivity contribution in [1.29, 1.82) is 0 Å². The molecule has 0 amide bonds. The molecule has 16 heavy (non-hydrogen) atoms. The quantitative estimate of drug-likeness (QED) is 0.225. The van der Waals surface area contributed by atoms with Crippen LogP contribution in [0.4, 0.5) is 0 Å². The Hall–Kier alpha value is -0.160. The number of ether oxygens (including phenoxy) is 2. The Morgan fingerprint density at radius 2 is 1.56 bits per heavy atom. The van der Waals surface area contributed by atoms with Gasteiger partial charge in [0.15, 0.2) is 6.29 Å². The van der Waals surface area contributed by atoms with E-state index < -0.39 is 0 Å². The lowest BCUT2D eigenvalue weighted by Crippen LogP contribution is -2.20. The fourth-order valence-electron chi connectivity index (χ4n) is 1.11. The van der Waals surface area contributed by atoms with Crippen LogP contribution in [0.25, 0.3) is 0 Å². The van der Waals surface area contributed by atoms with Gasteiger partial charge in [-0.15, -0.1) is 0 Å². The smallest absolute Gasteiger partial charge is 0.159 e. The summed E-state index contributed by atoms with van der Waals surface area (Å²) < 4.78 is 11.2. The van der Waals surface area contributed by atoms with Gasteiger partial charge in [0.2, 0.25) is 0 Å². The topological polar surface area (TPSA) is 36.9 Å². The standard InChI is InChI=1S/C12H26O4/c1-4-7-10-14-12(13-9-5-2)8-11-16-15-6-3/h12H,4-11H2,1-3H3. The lowest BCUT2D eigenvalue weighted by molar-refractivity contribution is -0.299. The Morgan fingerprint density at radius 1 is 0.812 bits per heavy atom. The van der Waals surface area contributed by atoms with Gasteiger partial charge >= 0.3 is 0 Å². The number of unbranched alkanes of at least 4 members (excludes halogenated alkanes) is 1. The zero-order valence-electron chi connectivity index (χ0n) is 10.9. The van der Waals surface area contributed by atoms with Crippen LogP contribution < -0.4 is 0 Å². The monoisotopic (exact) mass is 234 g/mol. The molecule has 0 aromatic rings. The Kier molecular flexibility index (Phi) is 12.8. The van der Waals surface area contributed by atoms with E-state index in [1.54, 1.807) is 0 Å². The Balaban J connectivity index is 3.54. The van der Waals surface area contributed by atoms with Crippen molar-refractivity contribution in [2.24, 2.45) is 0 Å². The van der Waals surface area contributed by atoms with Crippen LogP contribution in [-0.4, -0.2) is 32.7 Å². The van der Waals surface area contributed by atoms with Crippen molar-refractivity contribution in [2.75, 3.05) is 26.4 Å². The molecule has 0 saturated carbocycles. The molecule has 0 rings (SSSR count). The van der Waals surface area contributed by atoms with Crippen molar-refractivity contribution in [3.05, 3.63) is 0 Å². The van der Waals surface area contributed by atoms with Gasteiger partial charge in [0.25, 0.3) is 0 Å². The minimum Gasteiger partial charge on any atom is -0.353 e. The van der Waals surface area contributed by atoms with E-state index in [4.69, 9.17) is 19.2 Å². The summed E-state index contributed by atoms with van der Waals surface area (Å²) in [6.07, 6.45) is 3.75. The maximum atomic E-state index is 5.61. The van der Waals surface area contributed by atoms with Gasteiger partial charge in [-0.25, -0.2) is 9.78 Å². The van der Waals surface area contributed by atoms with Gasteiger partial charge < -0.3 is 9.47 Å². The van der Waals surface area contributed by atoms with Crippen molar-refractivity contribution in [2.45, 2.75) is 52.7 Å². The van der Waals surface area contributed by atoms with Gasteiger partial charge in [-0.3, -0.25) is 0 Å². The van der Waals surface area contributed by atoms with Gasteiger partial charge in [0.05, 0.1) is 13.2 Å². The molecule has 0 aliphatic rings. The summed E-state index contributed by atoms with van der Waals surface area (Å²) in [5.41, 5.74) is 0. The summed E-state index contributed by atoms with van der Waals surface area (Å²) in [6, 6.07) is 0. The molecule has 98 valence electrons. The van der Waals surface area contributed by atoms with Crippen molar-refractivity contribution >= 4 is 0 Å². The molecule has 0 N–H and O–H groups in total. The third-order valence-corrected chi connectivity index (χ3v) is 1.95. The van der Waals surface area contributed by atoms with Crippen LogP contribution in [0.5, 0.6) is 0 Å². The fourth-order valence-corrected chi connectivity index (χ4v) is 1.11. The second-order valence-corrected chi connectivity index (χ2v) is 3.54. The Morgan fingerprint density at radius 3 is 2.19 bits per heavy atom. The summed E-state index contributed by atoms with van der Waals surface area (Å²) in [5, 5.41) is 0. The normalized spacial score (nSPS) is 12.9. The predicted molar refractivity (Wildman–Crippen MR) is 63.1 cm³/mol. The molecule has 0 spiro atoms. The molecule has 0 aliphatic carbocycles. The van der Waals surface area contributed by atoms with E-state index in [0.29, 0.717) is 19.6 Å². The second kappa shape index (κ2) is 12.9. The van der Waals surface area contributed by atoms with E-state index in [0.717, 1.165) is 32.5 Å². The Bertz CT molecular complexity index is 130. The molecule has 0 aliphatic heterocycles. The lowest BCUT2D eigenvalue weighted by Gasteiger charge is -2.17. The molecule has 4 nitrogen and oxygen atoms in total. The highest BCUT2D eigenvalue weighted by molar-refractivity contribution is 4.45. The minimum absolute atomic E-state index is 0.160. The van der Waals surface area contributed by atoms with Crippen molar-refractivity contribution in [3.8, 4) is 0 Å². The third kappa shape index (κ3) is 10.4. The van der Waals surface area contributed by atoms with Gasteiger partial charge in [0, 0.05) is 19.6 Å². The first kappa shape index (κ1) is 15.8. The molecule has 4 heteroatoms. The first-order chi connectivity index (χ1) is 7.85. The van der Waals surface area contributed by atoms with E-state index in [9.17, 15) is 0 Å². The van der Waals surface area contributed by atoms with Crippen LogP contribution in [0.15, 0.2) is 0 Å². The van der Waals surface area contributed by atoms with Gasteiger partial charge in [-0.05, 0) is 19.8 Å². The molecule has 0 bridgehead atoms. The number of rotatable bonds is 12. The van der Waals surface area contributed by atoms with Crippen LogP contribution >= 0.6 is 0 Å². The van der Waals surface area contributed by atoms with E-state index >= 15 is 0 Å². The van der Waals surface area contributed by atoms with E-state index in [1.165, 1.54) is 0 Å². The first-order valence-electron chi connectivity index (χ1n) is 6.32. The van der Waals surface area contributed by atoms with Crippen LogP contribution in [0.1, 0.15) is 46.5 Å². The largest absolute Gasteiger partial charge is 0.353 e. The first-order valence-corrected chi connectivity index (χ1v) is 6.32. The molecule has 0 radical (unpaired) electrons. The van der Waals surface area contributed by atoms with Crippen molar-refractivity contribution < 1.29 is 19.2 Å². The highest BCUT2D eigenvalue weighted by atomic mass is 17.2. The molecular weight excluding hydrogens is 208 g/mol. The molecule has 0 aromatic carbocycles. The van der Waals surface area contributed by atoms with Gasteiger partial charge in [0.1, 0.15) is 0 Å². The van der Waals surface area contributed by atoms with E-state index in [-0.39, 0.29) is 6.29 Å². The molecule has 1 unspecified atom stereocenters. The van der Waals surface area contributed by atoms with Crippen molar-refractivity contribution in [1.82, 2.24) is 0 Å². The second-order valence-electron chi connectivity index (χ2n) is 3.54. The molecule has 1 atom stereocenters. The van der Waals surface area contributed by atoms with Gasteiger partial charge in [-0.2, -0.15) is 0 Å². The molecule has 0 heterocycles. The summed E-state index contributed by atoms with van der Waals surface area (Å²) >= 11 is 0. The number of hydrogen-bond donors (Lipinski definition) is 0. The highest BCUT2D eigenvalue weighted by Gasteiger charge is 2.08. The van der Waals surface area contributed by atoms with Crippen LogP contribution in [-0.2, 0) is 19.2 Å². The molecule has 0 saturated heterocycles. The molecular formula is C12H26O4. The van der Waals surface area contributed by atoms with Gasteiger partial charge in [-0.1, -0.05) is 20.3 Å². The van der Waals surface area contributed by atoms with E-state index in [1.807, 2.05) is 6.92 Å². The van der Waals surface area contributed by atoms with Crippen LogP contribution in [0.2, 0.25) is 0 Å². The Labute approximate surface area is 99.1 Å². The maximum Gasteiger partial charge on any atom is 0.159 e. The molecule has 0 fully saturated rings. The minimum atomic E-state index is -0.160. The summed E-state index contributed by atoms with van der Waals surface area (Å²) in [7, 11) is 0. The molecule has 0 aromatic heterocycles. The SMILES string of the molecule is CCCCOC(CCOOCC)OCCC. The van der Waals surface area contributed by atoms with E-state index in [2.05, 4.69) is 13.8 Å². The average molecular weight is 234 g/mol. The highest BCUT2D eigenvalue weighted by Crippen LogP contribution is 2.04. The van der Waals surface area contributed by atoms with Crippen LogP contribution in [0.3, 0.4) is 0 Å². The third-order valence-electron chi connectivity index (χ3n) is 1.95. The summed E-state index contributed by atoms with van der Waals surface area (Å²) in [5.74, 6) is 0. The lowest BCUT2D eigenvalue weighted by atomic mass is 10.3. The number of hydrogen-bond acceptors (Lipinski definition) is 4.